The number of imidazole rings is 1. The second kappa shape index (κ2) is 6.88. The normalized spacial score (nSPS) is 17.2. The molecule has 0 spiro atoms. The van der Waals surface area contributed by atoms with Crippen LogP contribution in [0.25, 0.3) is 22.7 Å². The van der Waals surface area contributed by atoms with Gasteiger partial charge in [-0.15, -0.1) is 0 Å². The molecule has 1 aliphatic rings. The Kier molecular flexibility index (Phi) is 4.28. The third kappa shape index (κ3) is 3.11. The van der Waals surface area contributed by atoms with Crippen LogP contribution in [0.3, 0.4) is 0 Å². The molecule has 4 aromatic heterocycles. The van der Waals surface area contributed by atoms with E-state index in [9.17, 15) is 4.79 Å². The van der Waals surface area contributed by atoms with Gasteiger partial charge in [0, 0.05) is 55.9 Å². The van der Waals surface area contributed by atoms with E-state index in [0.717, 1.165) is 36.5 Å². The number of aryl methyl sites for hydroxylation is 2. The van der Waals surface area contributed by atoms with Gasteiger partial charge in [0.05, 0.1) is 11.4 Å². The number of rotatable bonds is 2. The van der Waals surface area contributed by atoms with Gasteiger partial charge < -0.3 is 14.6 Å². The quantitative estimate of drug-likeness (QED) is 0.547. The van der Waals surface area contributed by atoms with Crippen LogP contribution in [0, 0.1) is 19.7 Å². The minimum atomic E-state index is -0.557. The molecule has 0 aliphatic carbocycles. The van der Waals surface area contributed by atoms with Crippen molar-refractivity contribution in [1.29, 1.82) is 0 Å². The molecule has 4 aromatic rings. The fourth-order valence-corrected chi connectivity index (χ4v) is 4.05. The molecule has 8 nitrogen and oxygen atoms in total. The molecule has 0 bridgehead atoms. The standard InChI is InChI=1S/C21H22FN7O/c1-12-6-15(10-28-9-14(3)24-19(12)28)18-25-20-17(22)7-16(11-29(20)21(30)26-18)27-5-4-23-13(2)8-27/h6-7,9-11,13,23H,4-5,8H2,1-3H3/t13-/m0/s1. The number of aromatic nitrogens is 5. The number of hydrogen-bond donors (Lipinski definition) is 1. The first-order valence-corrected chi connectivity index (χ1v) is 9.93. The molecule has 9 heteroatoms. The van der Waals surface area contributed by atoms with Gasteiger partial charge in [-0.3, -0.25) is 0 Å². The Morgan fingerprint density at radius 3 is 2.73 bits per heavy atom. The van der Waals surface area contributed by atoms with Crippen LogP contribution in [0.15, 0.2) is 35.5 Å². The summed E-state index contributed by atoms with van der Waals surface area (Å²) in [5.41, 5.74) is 3.34. The van der Waals surface area contributed by atoms with E-state index in [1.807, 2.05) is 36.7 Å². The van der Waals surface area contributed by atoms with Gasteiger partial charge >= 0.3 is 5.69 Å². The van der Waals surface area contributed by atoms with Crippen molar-refractivity contribution in [2.24, 2.45) is 0 Å². The molecule has 1 atom stereocenters. The van der Waals surface area contributed by atoms with Gasteiger partial charge in [-0.05, 0) is 32.4 Å². The molecule has 154 valence electrons. The maximum atomic E-state index is 15.0. The summed E-state index contributed by atoms with van der Waals surface area (Å²) in [4.78, 5) is 27.8. The highest BCUT2D eigenvalue weighted by Crippen LogP contribution is 2.22. The summed E-state index contributed by atoms with van der Waals surface area (Å²) >= 11 is 0. The summed E-state index contributed by atoms with van der Waals surface area (Å²) in [6, 6.07) is 3.59. The molecule has 1 N–H and O–H groups in total. The number of fused-ring (bicyclic) bond motifs is 2. The summed E-state index contributed by atoms with van der Waals surface area (Å²) in [6.45, 7) is 8.21. The minimum absolute atomic E-state index is 0.0310. The highest BCUT2D eigenvalue weighted by molar-refractivity contribution is 5.63. The Balaban J connectivity index is 1.63. The first-order valence-electron chi connectivity index (χ1n) is 9.93. The third-order valence-corrected chi connectivity index (χ3v) is 5.44. The highest BCUT2D eigenvalue weighted by Gasteiger charge is 2.19. The van der Waals surface area contributed by atoms with Crippen LogP contribution >= 0.6 is 0 Å². The zero-order valence-corrected chi connectivity index (χ0v) is 17.1. The molecule has 30 heavy (non-hydrogen) atoms. The van der Waals surface area contributed by atoms with Crippen molar-refractivity contribution in [3.63, 3.8) is 0 Å². The van der Waals surface area contributed by atoms with Crippen molar-refractivity contribution >= 4 is 17.0 Å². The highest BCUT2D eigenvalue weighted by atomic mass is 19.1. The second-order valence-electron chi connectivity index (χ2n) is 7.90. The molecule has 1 fully saturated rings. The van der Waals surface area contributed by atoms with Crippen molar-refractivity contribution in [2.45, 2.75) is 26.8 Å². The zero-order chi connectivity index (χ0) is 21.0. The molecular weight excluding hydrogens is 385 g/mol. The Morgan fingerprint density at radius 2 is 1.93 bits per heavy atom. The fraction of sp³-hybridized carbons (Fsp3) is 0.333. The van der Waals surface area contributed by atoms with Gasteiger partial charge in [0.2, 0.25) is 0 Å². The van der Waals surface area contributed by atoms with Crippen LogP contribution < -0.4 is 15.9 Å². The van der Waals surface area contributed by atoms with Crippen LogP contribution in [-0.4, -0.2) is 49.4 Å². The Labute approximate surface area is 172 Å². The van der Waals surface area contributed by atoms with Gasteiger partial charge in [-0.25, -0.2) is 23.6 Å². The summed E-state index contributed by atoms with van der Waals surface area (Å²) in [5.74, 6) is -0.352. The van der Waals surface area contributed by atoms with E-state index < -0.39 is 11.5 Å². The Morgan fingerprint density at radius 1 is 1.10 bits per heavy atom. The topological polar surface area (TPSA) is 79.8 Å². The molecule has 0 aromatic carbocycles. The monoisotopic (exact) mass is 407 g/mol. The van der Waals surface area contributed by atoms with Gasteiger partial charge in [-0.2, -0.15) is 4.98 Å². The van der Waals surface area contributed by atoms with Crippen molar-refractivity contribution in [3.05, 3.63) is 58.3 Å². The van der Waals surface area contributed by atoms with Gasteiger partial charge in [0.25, 0.3) is 0 Å². The van der Waals surface area contributed by atoms with Crippen molar-refractivity contribution in [2.75, 3.05) is 24.5 Å². The van der Waals surface area contributed by atoms with Crippen LogP contribution in [0.1, 0.15) is 18.2 Å². The average Bonchev–Trinajstić information content (AvgIpc) is 3.09. The van der Waals surface area contributed by atoms with Crippen LogP contribution in [0.2, 0.25) is 0 Å². The van der Waals surface area contributed by atoms with Crippen LogP contribution in [0.4, 0.5) is 10.1 Å². The lowest BCUT2D eigenvalue weighted by Crippen LogP contribution is -2.49. The zero-order valence-electron chi connectivity index (χ0n) is 17.1. The molecule has 0 amide bonds. The van der Waals surface area contributed by atoms with E-state index in [1.165, 1.54) is 10.5 Å². The van der Waals surface area contributed by atoms with Crippen molar-refractivity contribution < 1.29 is 4.39 Å². The number of nitrogens with zero attached hydrogens (tertiary/aromatic N) is 6. The predicted octanol–water partition coefficient (Wildman–Crippen LogP) is 1.96. The minimum Gasteiger partial charge on any atom is -0.367 e. The maximum absolute atomic E-state index is 15.0. The summed E-state index contributed by atoms with van der Waals surface area (Å²) in [7, 11) is 0. The molecule has 1 saturated heterocycles. The molecule has 1 aliphatic heterocycles. The second-order valence-corrected chi connectivity index (χ2v) is 7.90. The Bertz CT molecular complexity index is 1340. The van der Waals surface area contributed by atoms with Crippen LogP contribution in [-0.2, 0) is 0 Å². The molecule has 5 rings (SSSR count). The van der Waals surface area contributed by atoms with Crippen molar-refractivity contribution in [1.82, 2.24) is 29.1 Å². The molecule has 0 unspecified atom stereocenters. The molecule has 5 heterocycles. The van der Waals surface area contributed by atoms with E-state index in [1.54, 1.807) is 6.20 Å². The number of anilines is 1. The first-order chi connectivity index (χ1) is 14.4. The van der Waals surface area contributed by atoms with Crippen LogP contribution in [0.5, 0.6) is 0 Å². The smallest absolute Gasteiger partial charge is 0.355 e. The number of nitrogens with one attached hydrogen (secondary N) is 1. The number of hydrogen-bond acceptors (Lipinski definition) is 6. The lowest BCUT2D eigenvalue weighted by Gasteiger charge is -2.33. The predicted molar refractivity (Wildman–Crippen MR) is 113 cm³/mol. The van der Waals surface area contributed by atoms with E-state index in [-0.39, 0.29) is 17.5 Å². The summed E-state index contributed by atoms with van der Waals surface area (Å²) in [5, 5.41) is 3.35. The summed E-state index contributed by atoms with van der Waals surface area (Å²) in [6.07, 6.45) is 5.32. The Hall–Kier alpha value is -3.33. The van der Waals surface area contributed by atoms with E-state index in [2.05, 4.69) is 32.1 Å². The average molecular weight is 407 g/mol. The van der Waals surface area contributed by atoms with Gasteiger partial charge in [-0.1, -0.05) is 0 Å². The fourth-order valence-electron chi connectivity index (χ4n) is 4.05. The lowest BCUT2D eigenvalue weighted by molar-refractivity contribution is 0.483. The van der Waals surface area contributed by atoms with Gasteiger partial charge in [0.15, 0.2) is 17.3 Å². The third-order valence-electron chi connectivity index (χ3n) is 5.44. The molecule has 0 saturated carbocycles. The largest absolute Gasteiger partial charge is 0.367 e. The molecule has 0 radical (unpaired) electrons. The number of pyridine rings is 2. The number of halogens is 1. The summed E-state index contributed by atoms with van der Waals surface area (Å²) < 4.78 is 18.1. The SMILES string of the molecule is Cc1cn2cc(-c3nc(=O)n4cc(N5CCN[C@@H](C)C5)cc(F)c4n3)cc(C)c2n1. The number of piperazine rings is 1. The first kappa shape index (κ1) is 18.7. The maximum Gasteiger partial charge on any atom is 0.355 e. The van der Waals surface area contributed by atoms with Crippen molar-refractivity contribution in [3.8, 4) is 11.4 Å². The van der Waals surface area contributed by atoms with Gasteiger partial charge in [0.1, 0.15) is 5.65 Å². The van der Waals surface area contributed by atoms with E-state index in [0.29, 0.717) is 11.3 Å². The van der Waals surface area contributed by atoms with E-state index >= 15 is 4.39 Å². The van der Waals surface area contributed by atoms with E-state index in [4.69, 9.17) is 0 Å². The molecular formula is C21H22FN7O. The lowest BCUT2D eigenvalue weighted by atomic mass is 10.2.